The van der Waals surface area contributed by atoms with Crippen molar-refractivity contribution < 1.29 is 9.90 Å². The van der Waals surface area contributed by atoms with Gasteiger partial charge in [0.15, 0.2) is 0 Å². The molecule has 0 amide bonds. The van der Waals surface area contributed by atoms with E-state index in [1.807, 2.05) is 18.4 Å². The minimum atomic E-state index is -0.727. The van der Waals surface area contributed by atoms with Gasteiger partial charge in [0.1, 0.15) is 0 Å². The Morgan fingerprint density at radius 3 is 2.93 bits per heavy atom. The van der Waals surface area contributed by atoms with Gasteiger partial charge in [-0.15, -0.1) is 11.3 Å². The van der Waals surface area contributed by atoms with Crippen LogP contribution in [0.15, 0.2) is 11.4 Å². The second kappa shape index (κ2) is 5.37. The quantitative estimate of drug-likeness (QED) is 0.845. The van der Waals surface area contributed by atoms with E-state index in [-0.39, 0.29) is 12.3 Å². The lowest BCUT2D eigenvalue weighted by atomic mass is 10.0. The highest BCUT2D eigenvalue weighted by Crippen LogP contribution is 2.25. The van der Waals surface area contributed by atoms with Gasteiger partial charge in [0.05, 0.1) is 5.02 Å². The van der Waals surface area contributed by atoms with Crippen molar-refractivity contribution in [2.45, 2.75) is 26.2 Å². The number of aryl methyl sites for hydroxylation is 1. The number of aliphatic carboxylic acids is 1. The molecule has 1 heterocycles. The average molecular weight is 233 g/mol. The summed E-state index contributed by atoms with van der Waals surface area (Å²) in [5, 5.41) is 11.3. The van der Waals surface area contributed by atoms with Crippen LogP contribution < -0.4 is 0 Å². The van der Waals surface area contributed by atoms with E-state index in [1.54, 1.807) is 11.3 Å². The predicted molar refractivity (Wildman–Crippen MR) is 59.1 cm³/mol. The fourth-order valence-corrected chi connectivity index (χ4v) is 2.43. The van der Waals surface area contributed by atoms with E-state index in [4.69, 9.17) is 16.7 Å². The molecule has 1 aromatic heterocycles. The number of rotatable bonds is 5. The number of halogens is 1. The zero-order valence-electron chi connectivity index (χ0n) is 8.00. The molecule has 0 spiro atoms. The van der Waals surface area contributed by atoms with E-state index in [0.717, 1.165) is 22.7 Å². The molecule has 1 aromatic rings. The molecule has 14 heavy (non-hydrogen) atoms. The smallest absolute Gasteiger partial charge is 0.303 e. The Hall–Kier alpha value is -0.540. The largest absolute Gasteiger partial charge is 0.481 e. The summed E-state index contributed by atoms with van der Waals surface area (Å²) in [5.74, 6) is -0.513. The summed E-state index contributed by atoms with van der Waals surface area (Å²) in [4.78, 5) is 11.6. The van der Waals surface area contributed by atoms with Gasteiger partial charge in [-0.3, -0.25) is 4.79 Å². The minimum Gasteiger partial charge on any atom is -0.481 e. The zero-order chi connectivity index (χ0) is 10.6. The van der Waals surface area contributed by atoms with Crippen molar-refractivity contribution in [2.75, 3.05) is 0 Å². The van der Waals surface area contributed by atoms with Crippen molar-refractivity contribution in [2.24, 2.45) is 5.92 Å². The van der Waals surface area contributed by atoms with Crippen LogP contribution in [0.1, 0.15) is 24.6 Å². The summed E-state index contributed by atoms with van der Waals surface area (Å²) in [7, 11) is 0. The number of hydrogen-bond donors (Lipinski definition) is 1. The molecule has 1 atom stereocenters. The summed E-state index contributed by atoms with van der Waals surface area (Å²) >= 11 is 7.55. The van der Waals surface area contributed by atoms with Gasteiger partial charge in [-0.2, -0.15) is 0 Å². The van der Waals surface area contributed by atoms with E-state index in [9.17, 15) is 4.79 Å². The van der Waals surface area contributed by atoms with Gasteiger partial charge in [0.2, 0.25) is 0 Å². The van der Waals surface area contributed by atoms with Crippen molar-refractivity contribution in [1.29, 1.82) is 0 Å². The highest BCUT2D eigenvalue weighted by Gasteiger charge is 2.09. The predicted octanol–water partition coefficient (Wildman–Crippen LogP) is 3.44. The van der Waals surface area contributed by atoms with Crippen molar-refractivity contribution in [3.8, 4) is 0 Å². The fraction of sp³-hybridized carbons (Fsp3) is 0.500. The molecule has 0 saturated carbocycles. The third-order valence-electron chi connectivity index (χ3n) is 2.08. The van der Waals surface area contributed by atoms with E-state index in [1.165, 1.54) is 0 Å². The molecule has 0 aromatic carbocycles. The number of carboxylic acid groups (broad SMARTS) is 1. The maximum Gasteiger partial charge on any atom is 0.303 e. The van der Waals surface area contributed by atoms with Crippen LogP contribution in [0.2, 0.25) is 5.02 Å². The maximum absolute atomic E-state index is 10.4. The van der Waals surface area contributed by atoms with E-state index in [0.29, 0.717) is 0 Å². The van der Waals surface area contributed by atoms with Crippen LogP contribution in [0.4, 0.5) is 0 Å². The Morgan fingerprint density at radius 1 is 1.71 bits per heavy atom. The maximum atomic E-state index is 10.4. The van der Waals surface area contributed by atoms with Crippen molar-refractivity contribution in [1.82, 2.24) is 0 Å². The van der Waals surface area contributed by atoms with Gasteiger partial charge in [-0.25, -0.2) is 0 Å². The lowest BCUT2D eigenvalue weighted by molar-refractivity contribution is -0.138. The van der Waals surface area contributed by atoms with Gasteiger partial charge in [-0.05, 0) is 30.2 Å². The highest BCUT2D eigenvalue weighted by molar-refractivity contribution is 7.10. The molecule has 0 aliphatic carbocycles. The zero-order valence-corrected chi connectivity index (χ0v) is 9.57. The molecule has 2 nitrogen and oxygen atoms in total. The van der Waals surface area contributed by atoms with Gasteiger partial charge >= 0.3 is 5.97 Å². The number of carbonyl (C=O) groups is 1. The molecular weight excluding hydrogens is 220 g/mol. The third kappa shape index (κ3) is 3.68. The molecule has 78 valence electrons. The SMILES string of the molecule is CC(CCc1sccc1Cl)CC(=O)O. The van der Waals surface area contributed by atoms with Gasteiger partial charge < -0.3 is 5.11 Å². The molecule has 0 radical (unpaired) electrons. The van der Waals surface area contributed by atoms with Crippen LogP contribution in [0.5, 0.6) is 0 Å². The molecule has 0 aliphatic heterocycles. The second-order valence-corrected chi connectivity index (χ2v) is 4.84. The van der Waals surface area contributed by atoms with Gasteiger partial charge in [0, 0.05) is 11.3 Å². The first-order valence-corrected chi connectivity index (χ1v) is 5.79. The second-order valence-electron chi connectivity index (χ2n) is 3.43. The highest BCUT2D eigenvalue weighted by atomic mass is 35.5. The number of hydrogen-bond acceptors (Lipinski definition) is 2. The molecule has 1 rings (SSSR count). The lowest BCUT2D eigenvalue weighted by Gasteiger charge is -2.06. The van der Waals surface area contributed by atoms with E-state index >= 15 is 0 Å². The Balaban J connectivity index is 2.34. The van der Waals surface area contributed by atoms with Crippen molar-refractivity contribution in [3.05, 3.63) is 21.3 Å². The first-order chi connectivity index (χ1) is 6.59. The lowest BCUT2D eigenvalue weighted by Crippen LogP contribution is -2.04. The molecule has 0 aliphatic rings. The number of thiophene rings is 1. The summed E-state index contributed by atoms with van der Waals surface area (Å²) in [6.45, 7) is 1.95. The van der Waals surface area contributed by atoms with Crippen LogP contribution in [0.3, 0.4) is 0 Å². The van der Waals surface area contributed by atoms with E-state index < -0.39 is 5.97 Å². The first-order valence-electron chi connectivity index (χ1n) is 4.53. The molecule has 4 heteroatoms. The third-order valence-corrected chi connectivity index (χ3v) is 3.53. The summed E-state index contributed by atoms with van der Waals surface area (Å²) in [5.41, 5.74) is 0. The van der Waals surface area contributed by atoms with Crippen LogP contribution in [-0.2, 0) is 11.2 Å². The molecule has 0 bridgehead atoms. The molecule has 0 fully saturated rings. The molecule has 1 unspecified atom stereocenters. The molecule has 1 N–H and O–H groups in total. The summed E-state index contributed by atoms with van der Waals surface area (Å²) < 4.78 is 0. The van der Waals surface area contributed by atoms with Crippen molar-refractivity contribution >= 4 is 28.9 Å². The Bertz CT molecular complexity index is 309. The Labute approximate surface area is 92.5 Å². The van der Waals surface area contributed by atoms with Gasteiger partial charge in [-0.1, -0.05) is 18.5 Å². The number of carboxylic acids is 1. The topological polar surface area (TPSA) is 37.3 Å². The van der Waals surface area contributed by atoms with Crippen molar-refractivity contribution in [3.63, 3.8) is 0 Å². The summed E-state index contributed by atoms with van der Waals surface area (Å²) in [6, 6.07) is 1.88. The Morgan fingerprint density at radius 2 is 2.43 bits per heavy atom. The molecular formula is C10H13ClO2S. The minimum absolute atomic E-state index is 0.214. The normalized spacial score (nSPS) is 12.7. The van der Waals surface area contributed by atoms with Crippen LogP contribution >= 0.6 is 22.9 Å². The van der Waals surface area contributed by atoms with E-state index in [2.05, 4.69) is 0 Å². The standard InChI is InChI=1S/C10H13ClO2S/c1-7(6-10(12)13)2-3-9-8(11)4-5-14-9/h4-5,7H,2-3,6H2,1H3,(H,12,13). The Kier molecular flexibility index (Phi) is 4.42. The fourth-order valence-electron chi connectivity index (χ4n) is 1.28. The van der Waals surface area contributed by atoms with Crippen LogP contribution in [-0.4, -0.2) is 11.1 Å². The molecule has 0 saturated heterocycles. The van der Waals surface area contributed by atoms with Crippen LogP contribution in [0.25, 0.3) is 0 Å². The van der Waals surface area contributed by atoms with Crippen LogP contribution in [0, 0.1) is 5.92 Å². The average Bonchev–Trinajstić information content (AvgIpc) is 2.46. The first kappa shape index (κ1) is 11.5. The monoisotopic (exact) mass is 232 g/mol. The van der Waals surface area contributed by atoms with Gasteiger partial charge in [0.25, 0.3) is 0 Å². The summed E-state index contributed by atoms with van der Waals surface area (Å²) in [6.07, 6.45) is 2.00.